The zero-order chi connectivity index (χ0) is 19.2. The van der Waals surface area contributed by atoms with Gasteiger partial charge < -0.3 is 14.6 Å². The standard InChI is InChI=1S/C17H19F3N2O3S/c1-12-10-26-16(24)22(12)7-6-15(23)21-8-13-2-4-14(5-3-13)9-25-11-17(18,19)20/h2-5,10H,6-9,11H2,1H3,(H,21,23). The Morgan fingerprint density at radius 3 is 2.46 bits per heavy atom. The van der Waals surface area contributed by atoms with Crippen LogP contribution < -0.4 is 10.2 Å². The van der Waals surface area contributed by atoms with Gasteiger partial charge in [0.25, 0.3) is 0 Å². The predicted molar refractivity (Wildman–Crippen MR) is 91.9 cm³/mol. The van der Waals surface area contributed by atoms with Crippen molar-refractivity contribution in [3.8, 4) is 0 Å². The fraction of sp³-hybridized carbons (Fsp3) is 0.412. The molecular formula is C17H19F3N2O3S. The molecule has 0 aliphatic heterocycles. The molecule has 0 saturated heterocycles. The number of hydrogen-bond donors (Lipinski definition) is 1. The number of carbonyl (C=O) groups is 1. The van der Waals surface area contributed by atoms with E-state index in [2.05, 4.69) is 10.1 Å². The summed E-state index contributed by atoms with van der Waals surface area (Å²) in [5, 5.41) is 4.50. The van der Waals surface area contributed by atoms with Crippen molar-refractivity contribution in [2.24, 2.45) is 0 Å². The molecule has 2 rings (SSSR count). The number of alkyl halides is 3. The topological polar surface area (TPSA) is 60.3 Å². The number of benzene rings is 1. The van der Waals surface area contributed by atoms with Crippen LogP contribution in [-0.2, 0) is 29.2 Å². The minimum Gasteiger partial charge on any atom is -0.367 e. The first kappa shape index (κ1) is 20.2. The Morgan fingerprint density at radius 1 is 1.23 bits per heavy atom. The highest BCUT2D eigenvalue weighted by Crippen LogP contribution is 2.15. The fourth-order valence-electron chi connectivity index (χ4n) is 2.21. The number of amides is 1. The molecule has 0 aliphatic rings. The Bertz CT molecular complexity index is 782. The van der Waals surface area contributed by atoms with Crippen LogP contribution in [0.25, 0.3) is 0 Å². The van der Waals surface area contributed by atoms with E-state index in [4.69, 9.17) is 0 Å². The minimum atomic E-state index is -4.34. The molecule has 2 aromatic rings. The van der Waals surface area contributed by atoms with Gasteiger partial charge in [-0.2, -0.15) is 13.2 Å². The molecule has 0 unspecified atom stereocenters. The highest BCUT2D eigenvalue weighted by atomic mass is 32.1. The van der Waals surface area contributed by atoms with Gasteiger partial charge >= 0.3 is 11.0 Å². The van der Waals surface area contributed by atoms with Crippen molar-refractivity contribution in [1.82, 2.24) is 9.88 Å². The van der Waals surface area contributed by atoms with Crippen molar-refractivity contribution in [3.63, 3.8) is 0 Å². The number of carbonyl (C=O) groups excluding carboxylic acids is 1. The van der Waals surface area contributed by atoms with E-state index in [0.717, 1.165) is 22.6 Å². The molecule has 142 valence electrons. The lowest BCUT2D eigenvalue weighted by Crippen LogP contribution is -2.26. The third-order valence-corrected chi connectivity index (χ3v) is 4.47. The van der Waals surface area contributed by atoms with Crippen molar-refractivity contribution in [2.75, 3.05) is 6.61 Å². The van der Waals surface area contributed by atoms with E-state index >= 15 is 0 Å². The van der Waals surface area contributed by atoms with Gasteiger partial charge in [-0.05, 0) is 18.1 Å². The molecular weight excluding hydrogens is 369 g/mol. The van der Waals surface area contributed by atoms with E-state index in [9.17, 15) is 22.8 Å². The van der Waals surface area contributed by atoms with Crippen LogP contribution >= 0.6 is 11.3 Å². The van der Waals surface area contributed by atoms with E-state index < -0.39 is 12.8 Å². The molecule has 5 nitrogen and oxygen atoms in total. The molecule has 0 bridgehead atoms. The number of aromatic nitrogens is 1. The molecule has 1 amide bonds. The average Bonchev–Trinajstić information content (AvgIpc) is 2.89. The average molecular weight is 388 g/mol. The number of ether oxygens (including phenoxy) is 1. The Kier molecular flexibility index (Phi) is 6.98. The van der Waals surface area contributed by atoms with Crippen molar-refractivity contribution in [1.29, 1.82) is 0 Å². The molecule has 0 spiro atoms. The van der Waals surface area contributed by atoms with E-state index in [-0.39, 0.29) is 23.8 Å². The SMILES string of the molecule is Cc1csc(=O)n1CCC(=O)NCc1ccc(COCC(F)(F)F)cc1. The van der Waals surface area contributed by atoms with E-state index in [0.29, 0.717) is 18.7 Å². The van der Waals surface area contributed by atoms with E-state index in [1.165, 1.54) is 0 Å². The molecule has 1 aromatic heterocycles. The molecule has 0 saturated carbocycles. The summed E-state index contributed by atoms with van der Waals surface area (Å²) in [6.45, 7) is 1.05. The molecule has 1 N–H and O–H groups in total. The number of hydrogen-bond acceptors (Lipinski definition) is 4. The van der Waals surface area contributed by atoms with Crippen LogP contribution in [0.4, 0.5) is 13.2 Å². The van der Waals surface area contributed by atoms with Gasteiger partial charge in [0.15, 0.2) is 0 Å². The number of nitrogens with one attached hydrogen (secondary N) is 1. The summed E-state index contributed by atoms with van der Waals surface area (Å²) in [5.41, 5.74) is 2.27. The van der Waals surface area contributed by atoms with Crippen LogP contribution in [0.5, 0.6) is 0 Å². The highest BCUT2D eigenvalue weighted by molar-refractivity contribution is 7.07. The second-order valence-corrected chi connectivity index (χ2v) is 6.57. The first-order valence-corrected chi connectivity index (χ1v) is 8.76. The number of halogens is 3. The molecule has 26 heavy (non-hydrogen) atoms. The lowest BCUT2D eigenvalue weighted by Gasteiger charge is -2.09. The van der Waals surface area contributed by atoms with Gasteiger partial charge in [0, 0.05) is 30.6 Å². The van der Waals surface area contributed by atoms with Gasteiger partial charge in [0.1, 0.15) is 6.61 Å². The molecule has 1 aromatic carbocycles. The molecule has 0 radical (unpaired) electrons. The third-order valence-electron chi connectivity index (χ3n) is 3.59. The van der Waals surface area contributed by atoms with Crippen LogP contribution in [0, 0.1) is 6.92 Å². The fourth-order valence-corrected chi connectivity index (χ4v) is 2.98. The summed E-state index contributed by atoms with van der Waals surface area (Å²) >= 11 is 1.10. The maximum atomic E-state index is 12.0. The quantitative estimate of drug-likeness (QED) is 0.756. The molecule has 1 heterocycles. The number of thiazole rings is 1. The maximum Gasteiger partial charge on any atom is 0.411 e. The monoisotopic (exact) mass is 388 g/mol. The lowest BCUT2D eigenvalue weighted by molar-refractivity contribution is -0.176. The summed E-state index contributed by atoms with van der Waals surface area (Å²) < 4.78 is 42.2. The molecule has 9 heteroatoms. The zero-order valence-electron chi connectivity index (χ0n) is 14.1. The van der Waals surface area contributed by atoms with Gasteiger partial charge in [-0.15, -0.1) is 0 Å². The molecule has 0 fully saturated rings. The first-order chi connectivity index (χ1) is 12.2. The van der Waals surface area contributed by atoms with Crippen molar-refractivity contribution < 1.29 is 22.7 Å². The van der Waals surface area contributed by atoms with Crippen molar-refractivity contribution in [2.45, 2.75) is 39.2 Å². The first-order valence-electron chi connectivity index (χ1n) is 7.88. The summed E-state index contributed by atoms with van der Waals surface area (Å²) in [6, 6.07) is 6.76. The maximum absolute atomic E-state index is 12.0. The van der Waals surface area contributed by atoms with Crippen LogP contribution in [0.15, 0.2) is 34.4 Å². The summed E-state index contributed by atoms with van der Waals surface area (Å²) in [6.07, 6.45) is -4.14. The largest absolute Gasteiger partial charge is 0.411 e. The van der Waals surface area contributed by atoms with Crippen molar-refractivity contribution in [3.05, 3.63) is 56.1 Å². The van der Waals surface area contributed by atoms with Gasteiger partial charge in [-0.3, -0.25) is 9.59 Å². The van der Waals surface area contributed by atoms with E-state index in [1.807, 2.05) is 6.92 Å². The summed E-state index contributed by atoms with van der Waals surface area (Å²) in [7, 11) is 0. The predicted octanol–water partition coefficient (Wildman–Crippen LogP) is 3.00. The normalized spacial score (nSPS) is 11.5. The second-order valence-electron chi connectivity index (χ2n) is 5.75. The van der Waals surface area contributed by atoms with Gasteiger partial charge in [-0.1, -0.05) is 35.6 Å². The smallest absolute Gasteiger partial charge is 0.367 e. The third kappa shape index (κ3) is 6.64. The molecule has 0 aliphatic carbocycles. The number of aryl methyl sites for hydroxylation is 1. The van der Waals surface area contributed by atoms with Crippen LogP contribution in [-0.4, -0.2) is 23.3 Å². The van der Waals surface area contributed by atoms with Crippen LogP contribution in [0.2, 0.25) is 0 Å². The van der Waals surface area contributed by atoms with Gasteiger partial charge in [0.05, 0.1) is 6.61 Å². The van der Waals surface area contributed by atoms with Crippen LogP contribution in [0.1, 0.15) is 23.2 Å². The van der Waals surface area contributed by atoms with Gasteiger partial charge in [-0.25, -0.2) is 0 Å². The summed E-state index contributed by atoms with van der Waals surface area (Å²) in [4.78, 5) is 23.4. The number of rotatable bonds is 8. The molecule has 0 atom stereocenters. The minimum absolute atomic E-state index is 0.0846. The number of nitrogens with zero attached hydrogens (tertiary/aromatic N) is 1. The Labute approximate surface area is 152 Å². The summed E-state index contributed by atoms with van der Waals surface area (Å²) in [5.74, 6) is -0.180. The van der Waals surface area contributed by atoms with Crippen LogP contribution in [0.3, 0.4) is 0 Å². The highest BCUT2D eigenvalue weighted by Gasteiger charge is 2.27. The Balaban J connectivity index is 1.73. The second kappa shape index (κ2) is 9.00. The van der Waals surface area contributed by atoms with Crippen molar-refractivity contribution >= 4 is 17.2 Å². The lowest BCUT2D eigenvalue weighted by atomic mass is 10.1. The Hall–Kier alpha value is -2.13. The van der Waals surface area contributed by atoms with E-state index in [1.54, 1.807) is 34.2 Å². The zero-order valence-corrected chi connectivity index (χ0v) is 15.0. The Morgan fingerprint density at radius 2 is 1.88 bits per heavy atom. The van der Waals surface area contributed by atoms with Gasteiger partial charge in [0.2, 0.25) is 5.91 Å².